The summed E-state index contributed by atoms with van der Waals surface area (Å²) >= 11 is 1.52. The van der Waals surface area contributed by atoms with Crippen LogP contribution in [0.2, 0.25) is 0 Å². The summed E-state index contributed by atoms with van der Waals surface area (Å²) in [6.07, 6.45) is 2.77. The summed E-state index contributed by atoms with van der Waals surface area (Å²) < 4.78 is 5.87. The van der Waals surface area contributed by atoms with Crippen molar-refractivity contribution in [3.05, 3.63) is 64.8 Å². The molecule has 3 aromatic rings. The number of hydrogen-bond donors (Lipinski definition) is 1. The maximum Gasteiger partial charge on any atom is 0.317 e. The maximum atomic E-state index is 11.9. The lowest BCUT2D eigenvalue weighted by molar-refractivity contribution is -0.607. The van der Waals surface area contributed by atoms with Crippen LogP contribution >= 0.6 is 11.3 Å². The molecule has 6 nitrogen and oxygen atoms in total. The number of carbonyl (C=O) groups is 1. The topological polar surface area (TPSA) is 82.1 Å². The average molecular weight is 301 g/mol. The molecular weight excluding hydrogens is 290 g/mol. The number of thiophene rings is 1. The molecule has 0 bridgehead atoms. The second-order valence-corrected chi connectivity index (χ2v) is 5.16. The average Bonchev–Trinajstić information content (AvgIpc) is 3.16. The highest BCUT2D eigenvalue weighted by Crippen LogP contribution is 2.23. The highest BCUT2D eigenvalue weighted by molar-refractivity contribution is 7.13. The van der Waals surface area contributed by atoms with Crippen LogP contribution in [0.1, 0.15) is 16.2 Å². The van der Waals surface area contributed by atoms with Gasteiger partial charge in [-0.3, -0.25) is 4.79 Å². The number of amides is 1. The van der Waals surface area contributed by atoms with E-state index in [2.05, 4.69) is 10.3 Å². The maximum absolute atomic E-state index is 11.9. The summed E-state index contributed by atoms with van der Waals surface area (Å²) in [7, 11) is 0. The van der Waals surface area contributed by atoms with Crippen molar-refractivity contribution in [2.24, 2.45) is 0 Å². The van der Waals surface area contributed by atoms with E-state index in [4.69, 9.17) is 4.42 Å². The van der Waals surface area contributed by atoms with E-state index in [1.54, 1.807) is 12.1 Å². The molecule has 0 fully saturated rings. The summed E-state index contributed by atoms with van der Waals surface area (Å²) in [6.45, 7) is 0.197. The van der Waals surface area contributed by atoms with Crippen LogP contribution in [-0.2, 0) is 6.54 Å². The molecule has 3 heterocycles. The smallest absolute Gasteiger partial charge is 0.317 e. The molecule has 0 aromatic carbocycles. The van der Waals surface area contributed by atoms with E-state index in [1.807, 2.05) is 17.5 Å². The van der Waals surface area contributed by atoms with Crippen molar-refractivity contribution in [1.29, 1.82) is 0 Å². The van der Waals surface area contributed by atoms with Crippen LogP contribution in [0.25, 0.3) is 10.8 Å². The zero-order chi connectivity index (χ0) is 14.7. The van der Waals surface area contributed by atoms with E-state index in [0.717, 1.165) is 4.88 Å². The van der Waals surface area contributed by atoms with Gasteiger partial charge in [-0.25, -0.2) is 4.98 Å². The quantitative estimate of drug-likeness (QED) is 0.590. The molecule has 7 heteroatoms. The largest absolute Gasteiger partial charge is 0.618 e. The van der Waals surface area contributed by atoms with Crippen molar-refractivity contribution < 1.29 is 13.9 Å². The zero-order valence-electron chi connectivity index (χ0n) is 10.9. The lowest BCUT2D eigenvalue weighted by Gasteiger charge is -2.03. The Labute approximate surface area is 124 Å². The Morgan fingerprint density at radius 3 is 3.05 bits per heavy atom. The molecule has 1 N–H and O–H groups in total. The number of hydrogen-bond acceptors (Lipinski definition) is 5. The third-order valence-corrected chi connectivity index (χ3v) is 3.63. The molecule has 0 radical (unpaired) electrons. The zero-order valence-corrected chi connectivity index (χ0v) is 11.7. The summed E-state index contributed by atoms with van der Waals surface area (Å²) in [6, 6.07) is 8.47. The molecule has 0 aliphatic rings. The highest BCUT2D eigenvalue weighted by Gasteiger charge is 2.15. The molecule has 3 aromatic heterocycles. The van der Waals surface area contributed by atoms with Gasteiger partial charge in [0.05, 0.1) is 17.1 Å². The molecule has 0 spiro atoms. The first-order valence-electron chi connectivity index (χ1n) is 6.19. The van der Waals surface area contributed by atoms with Crippen molar-refractivity contribution in [3.63, 3.8) is 0 Å². The molecule has 0 aliphatic heterocycles. The summed E-state index contributed by atoms with van der Waals surface area (Å²) in [5.74, 6) is 0.0686. The van der Waals surface area contributed by atoms with Gasteiger partial charge in [0.2, 0.25) is 5.89 Å². The van der Waals surface area contributed by atoms with Gasteiger partial charge in [0, 0.05) is 12.1 Å². The summed E-state index contributed by atoms with van der Waals surface area (Å²) in [4.78, 5) is 17.1. The normalized spacial score (nSPS) is 10.5. The minimum Gasteiger partial charge on any atom is -0.618 e. The Morgan fingerprint density at radius 2 is 2.29 bits per heavy atom. The van der Waals surface area contributed by atoms with E-state index < -0.39 is 5.91 Å². The third-order valence-electron chi connectivity index (χ3n) is 2.77. The second kappa shape index (κ2) is 5.76. The Morgan fingerprint density at radius 1 is 1.38 bits per heavy atom. The van der Waals surface area contributed by atoms with Crippen molar-refractivity contribution in [2.75, 3.05) is 0 Å². The molecule has 106 valence electrons. The molecule has 0 atom stereocenters. The number of aromatic nitrogens is 2. The predicted octanol–water partition coefficient (Wildman–Crippen LogP) is 1.97. The lowest BCUT2D eigenvalue weighted by atomic mass is 10.3. The van der Waals surface area contributed by atoms with Gasteiger partial charge in [0.1, 0.15) is 6.26 Å². The fourth-order valence-corrected chi connectivity index (χ4v) is 2.42. The van der Waals surface area contributed by atoms with E-state index in [1.165, 1.54) is 29.9 Å². The monoisotopic (exact) mass is 301 g/mol. The minimum atomic E-state index is -0.453. The Bertz CT molecular complexity index is 752. The van der Waals surface area contributed by atoms with E-state index >= 15 is 0 Å². The molecule has 0 saturated carbocycles. The standard InChI is InChI=1S/C14H11N3O3S/c18-13(11-4-1-2-6-17(11)19)15-8-10-9-20-14(16-10)12-5-3-7-21-12/h1-7,9H,8H2,(H,15,18). The van der Waals surface area contributed by atoms with Crippen LogP contribution in [0, 0.1) is 5.21 Å². The summed E-state index contributed by atoms with van der Waals surface area (Å²) in [5, 5.41) is 16.0. The second-order valence-electron chi connectivity index (χ2n) is 4.22. The van der Waals surface area contributed by atoms with Gasteiger partial charge in [-0.2, -0.15) is 4.73 Å². The number of carbonyl (C=O) groups excluding carboxylic acids is 1. The highest BCUT2D eigenvalue weighted by atomic mass is 32.1. The third kappa shape index (κ3) is 2.92. The van der Waals surface area contributed by atoms with Crippen molar-refractivity contribution >= 4 is 17.2 Å². The molecule has 21 heavy (non-hydrogen) atoms. The van der Waals surface area contributed by atoms with Gasteiger partial charge in [0.25, 0.3) is 5.69 Å². The van der Waals surface area contributed by atoms with Crippen LogP contribution in [-0.4, -0.2) is 10.9 Å². The molecule has 3 rings (SSSR count). The van der Waals surface area contributed by atoms with Crippen LogP contribution < -0.4 is 10.0 Å². The number of oxazole rings is 1. The first kappa shape index (κ1) is 13.3. The van der Waals surface area contributed by atoms with Crippen molar-refractivity contribution in [1.82, 2.24) is 10.3 Å². The predicted molar refractivity (Wildman–Crippen MR) is 76.4 cm³/mol. The fraction of sp³-hybridized carbons (Fsp3) is 0.0714. The molecule has 0 unspecified atom stereocenters. The molecule has 0 aliphatic carbocycles. The number of nitrogens with one attached hydrogen (secondary N) is 1. The first-order valence-corrected chi connectivity index (χ1v) is 7.06. The Hall–Kier alpha value is -2.67. The Kier molecular flexibility index (Phi) is 3.65. The molecule has 1 amide bonds. The SMILES string of the molecule is O=C(NCc1coc(-c2cccs2)n1)c1cccc[n+]1[O-]. The van der Waals surface area contributed by atoms with Gasteiger partial charge in [-0.15, -0.1) is 11.3 Å². The number of pyridine rings is 1. The van der Waals surface area contributed by atoms with E-state index in [9.17, 15) is 10.0 Å². The van der Waals surface area contributed by atoms with E-state index in [-0.39, 0.29) is 12.2 Å². The van der Waals surface area contributed by atoms with Crippen LogP contribution in [0.4, 0.5) is 0 Å². The van der Waals surface area contributed by atoms with Gasteiger partial charge in [-0.05, 0) is 17.5 Å². The van der Waals surface area contributed by atoms with Gasteiger partial charge in [0.15, 0.2) is 6.20 Å². The fourth-order valence-electron chi connectivity index (χ4n) is 1.77. The van der Waals surface area contributed by atoms with Crippen LogP contribution in [0.15, 0.2) is 52.6 Å². The van der Waals surface area contributed by atoms with Gasteiger partial charge in [-0.1, -0.05) is 6.07 Å². The van der Waals surface area contributed by atoms with E-state index in [0.29, 0.717) is 16.3 Å². The molecule has 0 saturated heterocycles. The first-order chi connectivity index (χ1) is 10.2. The summed E-state index contributed by atoms with van der Waals surface area (Å²) in [5.41, 5.74) is 0.639. The van der Waals surface area contributed by atoms with Gasteiger partial charge >= 0.3 is 5.91 Å². The number of nitrogens with zero attached hydrogens (tertiary/aromatic N) is 2. The van der Waals surface area contributed by atoms with Gasteiger partial charge < -0.3 is 14.9 Å². The minimum absolute atomic E-state index is 0.0412. The lowest BCUT2D eigenvalue weighted by Crippen LogP contribution is -2.38. The Balaban J connectivity index is 1.66. The van der Waals surface area contributed by atoms with Crippen molar-refractivity contribution in [2.45, 2.75) is 6.54 Å². The molecular formula is C14H11N3O3S. The van der Waals surface area contributed by atoms with Crippen LogP contribution in [0.3, 0.4) is 0 Å². The number of rotatable bonds is 4. The van der Waals surface area contributed by atoms with Crippen molar-refractivity contribution in [3.8, 4) is 10.8 Å². The van der Waals surface area contributed by atoms with Crippen LogP contribution in [0.5, 0.6) is 0 Å².